The predicted molar refractivity (Wildman–Crippen MR) is 132 cm³/mol. The lowest BCUT2D eigenvalue weighted by Crippen LogP contribution is -2.24. The third kappa shape index (κ3) is 7.38. The fraction of sp³-hybridized carbons (Fsp3) is 0.407. The average Bonchev–Trinajstić information content (AvgIpc) is 2.81. The molecular weight excluding hydrogens is 416 g/mol. The summed E-state index contributed by atoms with van der Waals surface area (Å²) in [4.78, 5) is 24.5. The quantitative estimate of drug-likeness (QED) is 0.320. The van der Waals surface area contributed by atoms with Crippen molar-refractivity contribution in [3.05, 3.63) is 65.2 Å². The molecule has 0 spiro atoms. The smallest absolute Gasteiger partial charge is 0.338 e. The van der Waals surface area contributed by atoms with Gasteiger partial charge in [-0.25, -0.2) is 9.59 Å². The molecule has 0 aliphatic heterocycles. The number of anilines is 2. The van der Waals surface area contributed by atoms with Crippen molar-refractivity contribution >= 4 is 29.4 Å². The van der Waals surface area contributed by atoms with Crippen molar-refractivity contribution in [2.45, 2.75) is 58.0 Å². The summed E-state index contributed by atoms with van der Waals surface area (Å²) >= 11 is 0. The van der Waals surface area contributed by atoms with E-state index in [2.05, 4.69) is 6.92 Å². The Morgan fingerprint density at radius 1 is 1.03 bits per heavy atom. The van der Waals surface area contributed by atoms with Crippen molar-refractivity contribution in [3.8, 4) is 0 Å². The summed E-state index contributed by atoms with van der Waals surface area (Å²) in [6.45, 7) is 4.38. The first-order valence-electron chi connectivity index (χ1n) is 11.7. The largest absolute Gasteiger partial charge is 0.462 e. The van der Waals surface area contributed by atoms with Gasteiger partial charge in [-0.15, -0.1) is 0 Å². The van der Waals surface area contributed by atoms with E-state index in [1.165, 1.54) is 12.5 Å². The minimum atomic E-state index is -0.440. The van der Waals surface area contributed by atoms with Crippen LogP contribution in [0.15, 0.2) is 48.5 Å². The summed E-state index contributed by atoms with van der Waals surface area (Å²) < 4.78 is 11.0. The Balaban J connectivity index is 1.46. The Morgan fingerprint density at radius 3 is 2.27 bits per heavy atom. The Labute approximate surface area is 195 Å². The number of nitrogen functional groups attached to an aromatic ring is 2. The SMILES string of the molecule is CCC1CCC(OC(=O)c2ccc(/C=C/C(=O)OCC(C)c3cc(N)cc(N)c3)cc2)CC1. The van der Waals surface area contributed by atoms with E-state index >= 15 is 0 Å². The maximum atomic E-state index is 12.4. The van der Waals surface area contributed by atoms with Gasteiger partial charge in [0.2, 0.25) is 0 Å². The van der Waals surface area contributed by atoms with E-state index in [9.17, 15) is 9.59 Å². The van der Waals surface area contributed by atoms with Crippen LogP contribution in [-0.2, 0) is 14.3 Å². The van der Waals surface area contributed by atoms with Crippen LogP contribution in [0.2, 0.25) is 0 Å². The number of esters is 2. The molecule has 0 radical (unpaired) electrons. The Kier molecular flexibility index (Phi) is 8.52. The highest BCUT2D eigenvalue weighted by atomic mass is 16.5. The third-order valence-corrected chi connectivity index (χ3v) is 6.25. The summed E-state index contributed by atoms with van der Waals surface area (Å²) in [6.07, 6.45) is 8.38. The van der Waals surface area contributed by atoms with E-state index in [4.69, 9.17) is 20.9 Å². The minimum Gasteiger partial charge on any atom is -0.462 e. The highest BCUT2D eigenvalue weighted by molar-refractivity contribution is 5.90. The molecule has 1 fully saturated rings. The van der Waals surface area contributed by atoms with Gasteiger partial charge >= 0.3 is 11.9 Å². The van der Waals surface area contributed by atoms with Crippen LogP contribution >= 0.6 is 0 Å². The predicted octanol–water partition coefficient (Wildman–Crippen LogP) is 5.34. The van der Waals surface area contributed by atoms with Gasteiger partial charge in [0, 0.05) is 23.4 Å². The molecule has 33 heavy (non-hydrogen) atoms. The fourth-order valence-corrected chi connectivity index (χ4v) is 4.11. The molecule has 1 unspecified atom stereocenters. The summed E-state index contributed by atoms with van der Waals surface area (Å²) in [5.74, 6) is -0.00159. The Bertz CT molecular complexity index is 956. The standard InChI is InChI=1S/C27H34N2O4/c1-3-19-6-11-25(12-7-19)33-27(31)21-9-4-20(5-10-21)8-13-26(30)32-17-18(2)22-14-23(28)16-24(29)15-22/h4-5,8-10,13-16,18-19,25H,3,6-7,11-12,17,28-29H2,1-2H3/b13-8+. The van der Waals surface area contributed by atoms with E-state index in [0.717, 1.165) is 42.7 Å². The lowest BCUT2D eigenvalue weighted by atomic mass is 9.86. The fourth-order valence-electron chi connectivity index (χ4n) is 4.11. The van der Waals surface area contributed by atoms with Gasteiger partial charge in [-0.2, -0.15) is 0 Å². The van der Waals surface area contributed by atoms with Crippen LogP contribution in [0.5, 0.6) is 0 Å². The molecule has 3 rings (SSSR count). The van der Waals surface area contributed by atoms with Gasteiger partial charge in [-0.05, 0) is 79.1 Å². The van der Waals surface area contributed by atoms with E-state index < -0.39 is 5.97 Å². The summed E-state index contributed by atoms with van der Waals surface area (Å²) in [7, 11) is 0. The van der Waals surface area contributed by atoms with Gasteiger partial charge in [-0.1, -0.05) is 32.4 Å². The molecule has 176 valence electrons. The van der Waals surface area contributed by atoms with E-state index in [1.54, 1.807) is 36.4 Å². The van der Waals surface area contributed by atoms with Crippen LogP contribution in [-0.4, -0.2) is 24.6 Å². The summed E-state index contributed by atoms with van der Waals surface area (Å²) in [5, 5.41) is 0. The molecule has 0 bridgehead atoms. The molecule has 6 nitrogen and oxygen atoms in total. The van der Waals surface area contributed by atoms with Gasteiger partial charge in [-0.3, -0.25) is 0 Å². The maximum Gasteiger partial charge on any atom is 0.338 e. The molecule has 1 atom stereocenters. The van der Waals surface area contributed by atoms with Crippen molar-refractivity contribution in [1.29, 1.82) is 0 Å². The molecule has 0 aromatic heterocycles. The summed E-state index contributed by atoms with van der Waals surface area (Å²) in [5.41, 5.74) is 15.0. The molecule has 1 aliphatic carbocycles. The average molecular weight is 451 g/mol. The number of carbonyl (C=O) groups is 2. The van der Waals surface area contributed by atoms with Gasteiger partial charge < -0.3 is 20.9 Å². The lowest BCUT2D eigenvalue weighted by molar-refractivity contribution is -0.138. The van der Waals surface area contributed by atoms with Crippen LogP contribution in [0.1, 0.15) is 73.4 Å². The van der Waals surface area contributed by atoms with Crippen molar-refractivity contribution in [1.82, 2.24) is 0 Å². The molecule has 0 heterocycles. The Hall–Kier alpha value is -3.28. The number of carbonyl (C=O) groups excluding carboxylic acids is 2. The normalized spacial score (nSPS) is 19.2. The number of rotatable bonds is 8. The molecule has 0 amide bonds. The second kappa shape index (κ2) is 11.5. The minimum absolute atomic E-state index is 0.0146. The van der Waals surface area contributed by atoms with E-state index in [1.807, 2.05) is 19.1 Å². The van der Waals surface area contributed by atoms with Crippen LogP contribution in [0, 0.1) is 5.92 Å². The van der Waals surface area contributed by atoms with E-state index in [0.29, 0.717) is 16.9 Å². The number of benzene rings is 2. The molecule has 2 aromatic rings. The van der Waals surface area contributed by atoms with Crippen LogP contribution in [0.25, 0.3) is 6.08 Å². The highest BCUT2D eigenvalue weighted by Crippen LogP contribution is 2.28. The zero-order valence-corrected chi connectivity index (χ0v) is 19.5. The molecule has 1 aliphatic rings. The number of ether oxygens (including phenoxy) is 2. The Morgan fingerprint density at radius 2 is 1.67 bits per heavy atom. The first kappa shape index (κ1) is 24.4. The monoisotopic (exact) mass is 450 g/mol. The summed E-state index contributed by atoms with van der Waals surface area (Å²) in [6, 6.07) is 12.3. The molecule has 4 N–H and O–H groups in total. The van der Waals surface area contributed by atoms with Crippen LogP contribution in [0.4, 0.5) is 11.4 Å². The van der Waals surface area contributed by atoms with Gasteiger partial charge in [0.05, 0.1) is 12.2 Å². The zero-order valence-electron chi connectivity index (χ0n) is 19.5. The molecule has 1 saturated carbocycles. The van der Waals surface area contributed by atoms with Crippen molar-refractivity contribution in [2.75, 3.05) is 18.1 Å². The zero-order chi connectivity index (χ0) is 23.8. The molecule has 0 saturated heterocycles. The molecular formula is C27H34N2O4. The van der Waals surface area contributed by atoms with Crippen LogP contribution < -0.4 is 11.5 Å². The van der Waals surface area contributed by atoms with Gasteiger partial charge in [0.1, 0.15) is 6.10 Å². The highest BCUT2D eigenvalue weighted by Gasteiger charge is 2.23. The van der Waals surface area contributed by atoms with Gasteiger partial charge in [0.15, 0.2) is 0 Å². The van der Waals surface area contributed by atoms with Crippen LogP contribution in [0.3, 0.4) is 0 Å². The van der Waals surface area contributed by atoms with Crippen molar-refractivity contribution in [3.63, 3.8) is 0 Å². The number of hydrogen-bond acceptors (Lipinski definition) is 6. The lowest BCUT2D eigenvalue weighted by Gasteiger charge is -2.27. The molecule has 2 aromatic carbocycles. The first-order valence-corrected chi connectivity index (χ1v) is 11.7. The van der Waals surface area contributed by atoms with E-state index in [-0.39, 0.29) is 24.6 Å². The number of hydrogen-bond donors (Lipinski definition) is 2. The second-order valence-electron chi connectivity index (χ2n) is 8.88. The maximum absolute atomic E-state index is 12.4. The molecule has 6 heteroatoms. The topological polar surface area (TPSA) is 105 Å². The first-order chi connectivity index (χ1) is 15.8. The van der Waals surface area contributed by atoms with Crippen molar-refractivity contribution in [2.24, 2.45) is 5.92 Å². The second-order valence-corrected chi connectivity index (χ2v) is 8.88. The van der Waals surface area contributed by atoms with Gasteiger partial charge in [0.25, 0.3) is 0 Å². The number of nitrogens with two attached hydrogens (primary N) is 2. The third-order valence-electron chi connectivity index (χ3n) is 6.25. The van der Waals surface area contributed by atoms with Crippen molar-refractivity contribution < 1.29 is 19.1 Å².